The lowest BCUT2D eigenvalue weighted by atomic mass is 10.2. The van der Waals surface area contributed by atoms with Crippen molar-refractivity contribution in [2.45, 2.75) is 0 Å². The van der Waals surface area contributed by atoms with Crippen LogP contribution in [0.2, 0.25) is 0 Å². The van der Waals surface area contributed by atoms with Gasteiger partial charge in [0.2, 0.25) is 0 Å². The van der Waals surface area contributed by atoms with Gasteiger partial charge in [-0.3, -0.25) is 0 Å². The van der Waals surface area contributed by atoms with E-state index in [1.165, 1.54) is 5.39 Å². The molecule has 7 heteroatoms. The molecule has 3 rings (SSSR count). The van der Waals surface area contributed by atoms with Gasteiger partial charge in [-0.2, -0.15) is 0 Å². The molecule has 0 amide bonds. The summed E-state index contributed by atoms with van der Waals surface area (Å²) in [6.45, 7) is 4.19. The number of carboxylic acids is 2. The topological polar surface area (TPSA) is 103 Å². The van der Waals surface area contributed by atoms with Gasteiger partial charge in [-0.05, 0) is 18.2 Å². The van der Waals surface area contributed by atoms with Crippen molar-refractivity contribution >= 4 is 28.7 Å². The van der Waals surface area contributed by atoms with E-state index in [1.54, 1.807) is 0 Å². The van der Waals surface area contributed by atoms with Crippen LogP contribution in [0.5, 0.6) is 0 Å². The molecule has 2 heterocycles. The highest BCUT2D eigenvalue weighted by molar-refractivity contribution is 5.89. The molecule has 1 aliphatic rings. The number of nitrogens with one attached hydrogen (secondary N) is 1. The molecule has 0 atom stereocenters. The Morgan fingerprint density at radius 2 is 1.62 bits per heavy atom. The number of anilines is 1. The zero-order valence-corrected chi connectivity index (χ0v) is 13.1. The Balaban J connectivity index is 0.000000224. The molecule has 1 aliphatic heterocycles. The maximum absolute atomic E-state index is 9.55. The van der Waals surface area contributed by atoms with Gasteiger partial charge in [0.05, 0.1) is 5.52 Å². The minimum atomic E-state index is -1.26. The van der Waals surface area contributed by atoms with E-state index in [4.69, 9.17) is 15.2 Å². The third kappa shape index (κ3) is 5.36. The Kier molecular flexibility index (Phi) is 6.27. The zero-order valence-electron chi connectivity index (χ0n) is 13.1. The normalized spacial score (nSPS) is 14.2. The lowest BCUT2D eigenvalue weighted by molar-refractivity contribution is -0.134. The number of fused-ring (bicyclic) bond motifs is 1. The molecule has 1 fully saturated rings. The number of carbonyl (C=O) groups is 2. The van der Waals surface area contributed by atoms with Gasteiger partial charge in [-0.25, -0.2) is 14.6 Å². The maximum atomic E-state index is 9.55. The summed E-state index contributed by atoms with van der Waals surface area (Å²) in [5, 5.41) is 20.2. The van der Waals surface area contributed by atoms with E-state index in [0.717, 1.165) is 37.5 Å². The molecule has 126 valence electrons. The first kappa shape index (κ1) is 17.4. The number of aliphatic carboxylic acids is 2. The van der Waals surface area contributed by atoms with Gasteiger partial charge in [0.1, 0.15) is 5.82 Å². The molecule has 0 saturated carbocycles. The third-order valence-corrected chi connectivity index (χ3v) is 3.39. The number of nitrogens with zero attached hydrogens (tertiary/aromatic N) is 2. The Morgan fingerprint density at radius 1 is 1.00 bits per heavy atom. The number of piperazine rings is 1. The van der Waals surface area contributed by atoms with E-state index < -0.39 is 11.9 Å². The molecule has 1 saturated heterocycles. The Bertz CT molecular complexity index is 723. The smallest absolute Gasteiger partial charge is 0.328 e. The number of hydrogen-bond donors (Lipinski definition) is 3. The molecular weight excluding hydrogens is 310 g/mol. The van der Waals surface area contributed by atoms with Crippen molar-refractivity contribution in [1.82, 2.24) is 10.3 Å². The minimum absolute atomic E-state index is 0.558. The Hall–Kier alpha value is -2.93. The van der Waals surface area contributed by atoms with Gasteiger partial charge in [0.15, 0.2) is 0 Å². The third-order valence-electron chi connectivity index (χ3n) is 3.39. The summed E-state index contributed by atoms with van der Waals surface area (Å²) >= 11 is 0. The predicted molar refractivity (Wildman–Crippen MR) is 91.2 cm³/mol. The molecule has 0 unspecified atom stereocenters. The molecule has 2 aromatic rings. The van der Waals surface area contributed by atoms with E-state index in [1.807, 2.05) is 6.07 Å². The van der Waals surface area contributed by atoms with Crippen molar-refractivity contribution in [2.24, 2.45) is 0 Å². The van der Waals surface area contributed by atoms with Crippen molar-refractivity contribution in [3.05, 3.63) is 48.6 Å². The van der Waals surface area contributed by atoms with Crippen LogP contribution >= 0.6 is 0 Å². The lowest BCUT2D eigenvalue weighted by Gasteiger charge is -2.28. The van der Waals surface area contributed by atoms with Crippen molar-refractivity contribution < 1.29 is 19.8 Å². The van der Waals surface area contributed by atoms with E-state index in [-0.39, 0.29) is 0 Å². The van der Waals surface area contributed by atoms with Crippen LogP contribution in [0.4, 0.5) is 5.82 Å². The van der Waals surface area contributed by atoms with Crippen LogP contribution in [0, 0.1) is 0 Å². The first-order valence-corrected chi connectivity index (χ1v) is 7.51. The van der Waals surface area contributed by atoms with Gasteiger partial charge in [-0.15, -0.1) is 0 Å². The fourth-order valence-electron chi connectivity index (χ4n) is 2.27. The van der Waals surface area contributed by atoms with E-state index in [0.29, 0.717) is 12.2 Å². The number of para-hydroxylation sites is 1. The summed E-state index contributed by atoms with van der Waals surface area (Å²) in [4.78, 5) is 26.1. The van der Waals surface area contributed by atoms with Gasteiger partial charge < -0.3 is 20.4 Å². The van der Waals surface area contributed by atoms with Gasteiger partial charge in [0.25, 0.3) is 0 Å². The average Bonchev–Trinajstić information content (AvgIpc) is 2.61. The quantitative estimate of drug-likeness (QED) is 0.731. The van der Waals surface area contributed by atoms with E-state index in [2.05, 4.69) is 40.5 Å². The predicted octanol–water partition coefficient (Wildman–Crippen LogP) is 1.36. The second kappa shape index (κ2) is 8.64. The highest BCUT2D eigenvalue weighted by Gasteiger charge is 2.11. The Morgan fingerprint density at radius 3 is 2.25 bits per heavy atom. The fraction of sp³-hybridized carbons (Fsp3) is 0.235. The maximum Gasteiger partial charge on any atom is 0.328 e. The van der Waals surface area contributed by atoms with Crippen LogP contribution in [0.3, 0.4) is 0 Å². The molecule has 0 radical (unpaired) electrons. The summed E-state index contributed by atoms with van der Waals surface area (Å²) < 4.78 is 0. The number of rotatable bonds is 3. The van der Waals surface area contributed by atoms with Crippen molar-refractivity contribution in [2.75, 3.05) is 31.1 Å². The van der Waals surface area contributed by atoms with Crippen LogP contribution in [0.15, 0.2) is 48.6 Å². The molecule has 3 N–H and O–H groups in total. The number of aromatic nitrogens is 1. The van der Waals surface area contributed by atoms with Crippen molar-refractivity contribution in [3.63, 3.8) is 0 Å². The average molecular weight is 329 g/mol. The summed E-state index contributed by atoms with van der Waals surface area (Å²) in [5.74, 6) is -1.42. The second-order valence-corrected chi connectivity index (χ2v) is 5.11. The summed E-state index contributed by atoms with van der Waals surface area (Å²) in [6, 6.07) is 12.5. The number of pyridine rings is 1. The molecule has 0 bridgehead atoms. The van der Waals surface area contributed by atoms with Crippen LogP contribution in [0.1, 0.15) is 0 Å². The zero-order chi connectivity index (χ0) is 17.4. The summed E-state index contributed by atoms with van der Waals surface area (Å²) in [6.07, 6.45) is 1.12. The minimum Gasteiger partial charge on any atom is -0.478 e. The van der Waals surface area contributed by atoms with E-state index in [9.17, 15) is 9.59 Å². The van der Waals surface area contributed by atoms with Crippen LogP contribution in [-0.4, -0.2) is 53.3 Å². The largest absolute Gasteiger partial charge is 0.478 e. The molecule has 1 aromatic carbocycles. The lowest BCUT2D eigenvalue weighted by Crippen LogP contribution is -2.43. The number of carboxylic acid groups (broad SMARTS) is 2. The Labute approximate surface area is 139 Å². The van der Waals surface area contributed by atoms with E-state index >= 15 is 0 Å². The monoisotopic (exact) mass is 329 g/mol. The molecule has 0 aliphatic carbocycles. The molecule has 7 nitrogen and oxygen atoms in total. The highest BCUT2D eigenvalue weighted by Crippen LogP contribution is 2.17. The van der Waals surface area contributed by atoms with Gasteiger partial charge in [0, 0.05) is 43.7 Å². The molecule has 1 aromatic heterocycles. The van der Waals surface area contributed by atoms with Gasteiger partial charge >= 0.3 is 11.9 Å². The highest BCUT2D eigenvalue weighted by atomic mass is 16.4. The first-order valence-electron chi connectivity index (χ1n) is 7.51. The summed E-state index contributed by atoms with van der Waals surface area (Å²) in [7, 11) is 0. The van der Waals surface area contributed by atoms with Crippen molar-refractivity contribution in [3.8, 4) is 0 Å². The van der Waals surface area contributed by atoms with Crippen LogP contribution in [0.25, 0.3) is 10.9 Å². The number of benzene rings is 1. The molecular formula is C17H19N3O4. The van der Waals surface area contributed by atoms with Gasteiger partial charge in [-0.1, -0.05) is 18.2 Å². The van der Waals surface area contributed by atoms with Crippen LogP contribution in [-0.2, 0) is 9.59 Å². The second-order valence-electron chi connectivity index (χ2n) is 5.11. The number of hydrogen-bond acceptors (Lipinski definition) is 5. The SMILES string of the molecule is O=C(O)/C=C\C(=O)O.c1ccc2nc(N3CCNCC3)ccc2c1. The van der Waals surface area contributed by atoms with Crippen LogP contribution < -0.4 is 10.2 Å². The molecule has 24 heavy (non-hydrogen) atoms. The fourth-order valence-corrected chi connectivity index (χ4v) is 2.27. The standard InChI is InChI=1S/C13H15N3.C4H4O4/c1-2-4-12-11(3-1)5-6-13(15-12)16-9-7-14-8-10-16;5-3(6)1-2-4(7)8/h1-6,14H,7-10H2;1-2H,(H,5,6)(H,7,8)/b;2-1-. The first-order chi connectivity index (χ1) is 11.6. The van der Waals surface area contributed by atoms with Crippen molar-refractivity contribution in [1.29, 1.82) is 0 Å². The summed E-state index contributed by atoms with van der Waals surface area (Å²) in [5.41, 5.74) is 1.08. The molecule has 0 spiro atoms.